The Labute approximate surface area is 131 Å². The van der Waals surface area contributed by atoms with E-state index in [1.165, 1.54) is 0 Å². The van der Waals surface area contributed by atoms with Crippen molar-refractivity contribution in [1.29, 1.82) is 0 Å². The third-order valence-electron chi connectivity index (χ3n) is 3.90. The number of halogens is 1. The number of rotatable bonds is 6. The van der Waals surface area contributed by atoms with E-state index in [1.54, 1.807) is 6.07 Å². The van der Waals surface area contributed by atoms with Crippen molar-refractivity contribution in [2.45, 2.75) is 45.3 Å². The molecule has 1 aliphatic heterocycles. The average molecular weight is 314 g/mol. The van der Waals surface area contributed by atoms with E-state index in [0.717, 1.165) is 25.0 Å². The van der Waals surface area contributed by atoms with Gasteiger partial charge < -0.3 is 19.9 Å². The number of hydrogen-bond donors (Lipinski definition) is 1. The molecule has 0 aromatic heterocycles. The predicted molar refractivity (Wildman–Crippen MR) is 84.3 cm³/mol. The van der Waals surface area contributed by atoms with Gasteiger partial charge in [-0.3, -0.25) is 0 Å². The highest BCUT2D eigenvalue weighted by Crippen LogP contribution is 2.42. The minimum Gasteiger partial charge on any atom is -0.490 e. The van der Waals surface area contributed by atoms with Crippen LogP contribution in [0.3, 0.4) is 0 Å². The normalized spacial score (nSPS) is 23.1. The summed E-state index contributed by atoms with van der Waals surface area (Å²) < 4.78 is 17.1. The lowest BCUT2D eigenvalue weighted by Gasteiger charge is -2.31. The van der Waals surface area contributed by atoms with Gasteiger partial charge in [0.1, 0.15) is 0 Å². The van der Waals surface area contributed by atoms with Gasteiger partial charge >= 0.3 is 0 Å². The van der Waals surface area contributed by atoms with Crippen LogP contribution in [0.5, 0.6) is 11.5 Å². The SMILES string of the molecule is CCOc1cc(Cl)c(C(N)C2(C)CCCO2)cc1OCC. The summed E-state index contributed by atoms with van der Waals surface area (Å²) in [5.74, 6) is 1.33. The number of nitrogens with two attached hydrogens (primary N) is 1. The van der Waals surface area contributed by atoms with Gasteiger partial charge in [-0.1, -0.05) is 11.6 Å². The molecule has 0 bridgehead atoms. The lowest BCUT2D eigenvalue weighted by atomic mass is 9.88. The molecule has 0 saturated carbocycles. The van der Waals surface area contributed by atoms with Gasteiger partial charge in [0.2, 0.25) is 0 Å². The van der Waals surface area contributed by atoms with Gasteiger partial charge in [-0.2, -0.15) is 0 Å². The minimum atomic E-state index is -0.375. The fourth-order valence-electron chi connectivity index (χ4n) is 2.70. The number of hydrogen-bond acceptors (Lipinski definition) is 4. The Bertz CT molecular complexity index is 487. The zero-order chi connectivity index (χ0) is 15.5. The first-order chi connectivity index (χ1) is 10.0. The van der Waals surface area contributed by atoms with Crippen molar-refractivity contribution in [3.05, 3.63) is 22.7 Å². The summed E-state index contributed by atoms with van der Waals surface area (Å²) in [6.07, 6.45) is 1.96. The van der Waals surface area contributed by atoms with E-state index < -0.39 is 0 Å². The Morgan fingerprint density at radius 2 is 1.90 bits per heavy atom. The van der Waals surface area contributed by atoms with Crippen molar-refractivity contribution in [1.82, 2.24) is 0 Å². The molecule has 2 rings (SSSR count). The van der Waals surface area contributed by atoms with Crippen LogP contribution in [0, 0.1) is 0 Å². The van der Waals surface area contributed by atoms with Crippen LogP contribution in [0.15, 0.2) is 12.1 Å². The molecule has 0 radical (unpaired) electrons. The molecule has 21 heavy (non-hydrogen) atoms. The molecule has 4 nitrogen and oxygen atoms in total. The zero-order valence-electron chi connectivity index (χ0n) is 12.9. The second kappa shape index (κ2) is 6.86. The van der Waals surface area contributed by atoms with Crippen LogP contribution in [0.4, 0.5) is 0 Å². The average Bonchev–Trinajstić information content (AvgIpc) is 2.89. The van der Waals surface area contributed by atoms with E-state index in [4.69, 9.17) is 31.5 Å². The van der Waals surface area contributed by atoms with E-state index in [0.29, 0.717) is 29.7 Å². The summed E-state index contributed by atoms with van der Waals surface area (Å²) in [5.41, 5.74) is 6.88. The van der Waals surface area contributed by atoms with Crippen LogP contribution >= 0.6 is 11.6 Å². The molecular weight excluding hydrogens is 290 g/mol. The summed E-state index contributed by atoms with van der Waals surface area (Å²) in [6, 6.07) is 3.38. The molecule has 2 unspecified atom stereocenters. The van der Waals surface area contributed by atoms with Crippen molar-refractivity contribution < 1.29 is 14.2 Å². The molecule has 2 atom stereocenters. The van der Waals surface area contributed by atoms with E-state index in [1.807, 2.05) is 26.8 Å². The largest absolute Gasteiger partial charge is 0.490 e. The van der Waals surface area contributed by atoms with Crippen molar-refractivity contribution in [2.24, 2.45) is 5.73 Å². The van der Waals surface area contributed by atoms with Gasteiger partial charge in [-0.05, 0) is 45.2 Å². The maximum absolute atomic E-state index is 6.42. The Morgan fingerprint density at radius 3 is 2.43 bits per heavy atom. The summed E-state index contributed by atoms with van der Waals surface area (Å²) >= 11 is 6.40. The molecule has 2 N–H and O–H groups in total. The van der Waals surface area contributed by atoms with Gasteiger partial charge in [0.15, 0.2) is 11.5 Å². The standard InChI is InChI=1S/C16H24ClNO3/c1-4-19-13-9-11(12(17)10-14(13)20-5-2)15(18)16(3)7-6-8-21-16/h9-10,15H,4-8,18H2,1-3H3. The summed E-state index contributed by atoms with van der Waals surface area (Å²) in [5, 5.41) is 0.589. The molecule has 0 spiro atoms. The minimum absolute atomic E-state index is 0.289. The first-order valence-electron chi connectivity index (χ1n) is 7.50. The van der Waals surface area contributed by atoms with Gasteiger partial charge in [-0.15, -0.1) is 0 Å². The van der Waals surface area contributed by atoms with Crippen LogP contribution < -0.4 is 15.2 Å². The van der Waals surface area contributed by atoms with E-state index >= 15 is 0 Å². The summed E-state index contributed by atoms with van der Waals surface area (Å²) in [6.45, 7) is 7.77. The molecule has 1 fully saturated rings. The van der Waals surface area contributed by atoms with Gasteiger partial charge in [0.05, 0.1) is 24.9 Å². The molecule has 118 valence electrons. The number of ether oxygens (including phenoxy) is 3. The van der Waals surface area contributed by atoms with Crippen LogP contribution in [0.2, 0.25) is 5.02 Å². The Balaban J connectivity index is 2.36. The third kappa shape index (κ3) is 3.44. The van der Waals surface area contributed by atoms with E-state index in [9.17, 15) is 0 Å². The monoisotopic (exact) mass is 313 g/mol. The smallest absolute Gasteiger partial charge is 0.162 e. The lowest BCUT2D eigenvalue weighted by Crippen LogP contribution is -2.37. The highest BCUT2D eigenvalue weighted by molar-refractivity contribution is 6.31. The Kier molecular flexibility index (Phi) is 5.36. The van der Waals surface area contributed by atoms with Crippen molar-refractivity contribution in [3.8, 4) is 11.5 Å². The maximum Gasteiger partial charge on any atom is 0.162 e. The van der Waals surface area contributed by atoms with Gasteiger partial charge in [-0.25, -0.2) is 0 Å². The zero-order valence-corrected chi connectivity index (χ0v) is 13.7. The third-order valence-corrected chi connectivity index (χ3v) is 4.23. The van der Waals surface area contributed by atoms with Crippen LogP contribution in [0.1, 0.15) is 45.2 Å². The molecule has 0 aliphatic carbocycles. The first-order valence-corrected chi connectivity index (χ1v) is 7.88. The molecule has 1 aromatic carbocycles. The molecule has 5 heteroatoms. The van der Waals surface area contributed by atoms with Crippen LogP contribution in [-0.2, 0) is 4.74 Å². The van der Waals surface area contributed by atoms with Gasteiger partial charge in [0, 0.05) is 17.7 Å². The predicted octanol–water partition coefficient (Wildman–Crippen LogP) is 3.71. The Hall–Kier alpha value is -0.970. The number of benzene rings is 1. The van der Waals surface area contributed by atoms with Crippen molar-refractivity contribution in [2.75, 3.05) is 19.8 Å². The van der Waals surface area contributed by atoms with Crippen molar-refractivity contribution in [3.63, 3.8) is 0 Å². The second-order valence-electron chi connectivity index (χ2n) is 5.43. The Morgan fingerprint density at radius 1 is 1.29 bits per heavy atom. The maximum atomic E-state index is 6.42. The molecule has 1 aliphatic rings. The molecule has 1 aromatic rings. The van der Waals surface area contributed by atoms with Crippen LogP contribution in [0.25, 0.3) is 0 Å². The summed E-state index contributed by atoms with van der Waals surface area (Å²) in [4.78, 5) is 0. The molecule has 1 saturated heterocycles. The fourth-order valence-corrected chi connectivity index (χ4v) is 2.97. The van der Waals surface area contributed by atoms with Crippen molar-refractivity contribution >= 4 is 11.6 Å². The van der Waals surface area contributed by atoms with Crippen LogP contribution in [-0.4, -0.2) is 25.4 Å². The molecule has 1 heterocycles. The first kappa shape index (κ1) is 16.4. The van der Waals surface area contributed by atoms with E-state index in [-0.39, 0.29) is 11.6 Å². The lowest BCUT2D eigenvalue weighted by molar-refractivity contribution is -0.00177. The second-order valence-corrected chi connectivity index (χ2v) is 5.84. The topological polar surface area (TPSA) is 53.7 Å². The molecular formula is C16H24ClNO3. The fraction of sp³-hybridized carbons (Fsp3) is 0.625. The van der Waals surface area contributed by atoms with Gasteiger partial charge in [0.25, 0.3) is 0 Å². The highest BCUT2D eigenvalue weighted by atomic mass is 35.5. The van der Waals surface area contributed by atoms with E-state index in [2.05, 4.69) is 0 Å². The quantitative estimate of drug-likeness (QED) is 0.870. The highest BCUT2D eigenvalue weighted by Gasteiger charge is 2.38. The summed E-state index contributed by atoms with van der Waals surface area (Å²) in [7, 11) is 0. The molecule has 0 amide bonds.